The number of halogens is 3. The van der Waals surface area contributed by atoms with E-state index in [0.717, 1.165) is 24.3 Å². The van der Waals surface area contributed by atoms with Crippen molar-refractivity contribution in [3.8, 4) is 11.5 Å². The van der Waals surface area contributed by atoms with Crippen molar-refractivity contribution in [2.75, 3.05) is 26.2 Å². The topological polar surface area (TPSA) is 79.8 Å². The number of sulfonamides is 1. The number of hydrogen-bond acceptors (Lipinski definition) is 5. The van der Waals surface area contributed by atoms with Crippen LogP contribution in [0.4, 0.5) is 13.2 Å². The van der Waals surface area contributed by atoms with Crippen molar-refractivity contribution in [1.82, 2.24) is 14.2 Å². The molecule has 4 rings (SSSR count). The molecule has 7 nitrogen and oxygen atoms in total. The van der Waals surface area contributed by atoms with Gasteiger partial charge in [0.15, 0.2) is 0 Å². The monoisotopic (exact) mass is 491 g/mol. The average molecular weight is 491 g/mol. The van der Waals surface area contributed by atoms with Gasteiger partial charge in [-0.2, -0.15) is 17.5 Å². The van der Waals surface area contributed by atoms with E-state index in [2.05, 4.69) is 4.98 Å². The number of nitrogens with zero attached hydrogens (tertiary/aromatic N) is 3. The zero-order valence-corrected chi connectivity index (χ0v) is 18.6. The van der Waals surface area contributed by atoms with E-state index in [-0.39, 0.29) is 37.0 Å². The number of aromatic nitrogens is 1. The number of amides is 1. The highest BCUT2D eigenvalue weighted by Crippen LogP contribution is 2.30. The van der Waals surface area contributed by atoms with E-state index in [1.807, 2.05) is 0 Å². The molecule has 3 aromatic rings. The highest BCUT2D eigenvalue weighted by molar-refractivity contribution is 7.89. The summed E-state index contributed by atoms with van der Waals surface area (Å²) in [5.74, 6) is 0.850. The number of rotatable bonds is 5. The molecule has 1 saturated heterocycles. The predicted octanol–water partition coefficient (Wildman–Crippen LogP) is 4.04. The second-order valence-corrected chi connectivity index (χ2v) is 9.47. The number of piperazine rings is 1. The van der Waals surface area contributed by atoms with Crippen LogP contribution in [0.3, 0.4) is 0 Å². The summed E-state index contributed by atoms with van der Waals surface area (Å²) in [7, 11) is -3.97. The second kappa shape index (κ2) is 9.43. The van der Waals surface area contributed by atoms with Crippen LogP contribution in [0.5, 0.6) is 11.5 Å². The van der Waals surface area contributed by atoms with Crippen molar-refractivity contribution in [3.63, 3.8) is 0 Å². The van der Waals surface area contributed by atoms with E-state index >= 15 is 0 Å². The molecule has 1 aromatic heterocycles. The van der Waals surface area contributed by atoms with Gasteiger partial charge in [0.1, 0.15) is 11.5 Å². The lowest BCUT2D eigenvalue weighted by atomic mass is 10.2. The Morgan fingerprint density at radius 3 is 2.09 bits per heavy atom. The van der Waals surface area contributed by atoms with E-state index in [1.165, 1.54) is 9.21 Å². The molecule has 34 heavy (non-hydrogen) atoms. The van der Waals surface area contributed by atoms with Gasteiger partial charge in [0.05, 0.1) is 16.7 Å². The third-order valence-electron chi connectivity index (χ3n) is 5.32. The number of carbonyl (C=O) groups excluding carboxylic acids is 1. The molecule has 0 radical (unpaired) electrons. The summed E-state index contributed by atoms with van der Waals surface area (Å²) in [5, 5.41) is 0. The number of alkyl halides is 3. The summed E-state index contributed by atoms with van der Waals surface area (Å²) in [6, 6.07) is 13.4. The van der Waals surface area contributed by atoms with Gasteiger partial charge in [0, 0.05) is 37.9 Å². The molecular weight excluding hydrogens is 471 g/mol. The molecule has 1 aliphatic rings. The van der Waals surface area contributed by atoms with Crippen LogP contribution in [0, 0.1) is 0 Å². The molecule has 0 spiro atoms. The van der Waals surface area contributed by atoms with Gasteiger partial charge < -0.3 is 9.64 Å². The maximum Gasteiger partial charge on any atom is 0.416 e. The van der Waals surface area contributed by atoms with Crippen LogP contribution in [0.25, 0.3) is 0 Å². The van der Waals surface area contributed by atoms with E-state index in [4.69, 9.17) is 4.74 Å². The molecule has 178 valence electrons. The molecule has 0 bridgehead atoms. The molecule has 1 amide bonds. The summed E-state index contributed by atoms with van der Waals surface area (Å²) in [5.41, 5.74) is -0.490. The van der Waals surface area contributed by atoms with Crippen molar-refractivity contribution < 1.29 is 31.1 Å². The van der Waals surface area contributed by atoms with Crippen molar-refractivity contribution in [1.29, 1.82) is 0 Å². The van der Waals surface area contributed by atoms with Gasteiger partial charge in [-0.1, -0.05) is 0 Å². The largest absolute Gasteiger partial charge is 0.456 e. The molecule has 2 aromatic carbocycles. The fourth-order valence-corrected chi connectivity index (χ4v) is 4.91. The fraction of sp³-hybridized carbons (Fsp3) is 0.217. The Bertz CT molecular complexity index is 1240. The summed E-state index contributed by atoms with van der Waals surface area (Å²) in [6.45, 7) is 0.397. The van der Waals surface area contributed by atoms with E-state index < -0.39 is 21.8 Å². The lowest BCUT2D eigenvalue weighted by molar-refractivity contribution is -0.137. The zero-order valence-electron chi connectivity index (χ0n) is 17.8. The first-order valence-electron chi connectivity index (χ1n) is 10.3. The number of benzene rings is 2. The van der Waals surface area contributed by atoms with E-state index in [1.54, 1.807) is 48.8 Å². The van der Waals surface area contributed by atoms with Crippen LogP contribution in [0.1, 0.15) is 15.9 Å². The Hall–Kier alpha value is -3.44. The Balaban J connectivity index is 1.37. The lowest BCUT2D eigenvalue weighted by Crippen LogP contribution is -2.50. The molecule has 0 saturated carbocycles. The van der Waals surface area contributed by atoms with Crippen molar-refractivity contribution in [2.24, 2.45) is 0 Å². The van der Waals surface area contributed by atoms with Gasteiger partial charge in [0.2, 0.25) is 10.0 Å². The molecule has 1 fully saturated rings. The molecular formula is C23H20F3N3O4S. The highest BCUT2D eigenvalue weighted by atomic mass is 32.2. The lowest BCUT2D eigenvalue weighted by Gasteiger charge is -2.34. The Kier molecular flexibility index (Phi) is 6.58. The summed E-state index contributed by atoms with van der Waals surface area (Å²) < 4.78 is 70.7. The van der Waals surface area contributed by atoms with Crippen LogP contribution >= 0.6 is 0 Å². The van der Waals surface area contributed by atoms with Gasteiger partial charge in [-0.3, -0.25) is 9.78 Å². The number of hydrogen-bond donors (Lipinski definition) is 0. The summed E-state index contributed by atoms with van der Waals surface area (Å²) in [4.78, 5) is 18.1. The first-order chi connectivity index (χ1) is 16.1. The third kappa shape index (κ3) is 5.20. The standard InChI is InChI=1S/C23H20F3N3O4S/c24-23(25,26)18-5-9-21(10-6-18)34(31,32)29-14-12-28(13-15-29)22(30)17-3-7-19(8-4-17)33-20-2-1-11-27-16-20/h1-11,16H,12-15H2. The molecule has 0 N–H and O–H groups in total. The summed E-state index contributed by atoms with van der Waals surface area (Å²) in [6.07, 6.45) is -1.35. The molecule has 2 heterocycles. The first-order valence-corrected chi connectivity index (χ1v) is 11.7. The maximum absolute atomic E-state index is 12.8. The van der Waals surface area contributed by atoms with Crippen LogP contribution in [0.2, 0.25) is 0 Å². The smallest absolute Gasteiger partial charge is 0.416 e. The van der Waals surface area contributed by atoms with Crippen LogP contribution in [-0.4, -0.2) is 54.7 Å². The quantitative estimate of drug-likeness (QED) is 0.538. The van der Waals surface area contributed by atoms with Crippen molar-refractivity contribution >= 4 is 15.9 Å². The minimum Gasteiger partial charge on any atom is -0.456 e. The minimum absolute atomic E-state index is 0.0390. The predicted molar refractivity (Wildman–Crippen MR) is 117 cm³/mol. The maximum atomic E-state index is 12.8. The normalized spacial score (nSPS) is 15.2. The summed E-state index contributed by atoms with van der Waals surface area (Å²) >= 11 is 0. The van der Waals surface area contributed by atoms with Gasteiger partial charge in [0.25, 0.3) is 5.91 Å². The van der Waals surface area contributed by atoms with Crippen molar-refractivity contribution in [3.05, 3.63) is 84.2 Å². The number of ether oxygens (including phenoxy) is 1. The van der Waals surface area contributed by atoms with Gasteiger partial charge in [-0.05, 0) is 60.7 Å². The Labute approximate surface area is 194 Å². The van der Waals surface area contributed by atoms with Gasteiger partial charge >= 0.3 is 6.18 Å². The highest BCUT2D eigenvalue weighted by Gasteiger charge is 2.33. The fourth-order valence-electron chi connectivity index (χ4n) is 3.49. The first kappa shape index (κ1) is 23.7. The van der Waals surface area contributed by atoms with E-state index in [9.17, 15) is 26.4 Å². The van der Waals surface area contributed by atoms with Gasteiger partial charge in [-0.15, -0.1) is 0 Å². The molecule has 0 unspecified atom stereocenters. The zero-order chi connectivity index (χ0) is 24.3. The minimum atomic E-state index is -4.54. The molecule has 0 atom stereocenters. The average Bonchev–Trinajstić information content (AvgIpc) is 2.84. The third-order valence-corrected chi connectivity index (χ3v) is 7.23. The number of pyridine rings is 1. The number of carbonyl (C=O) groups is 1. The SMILES string of the molecule is O=C(c1ccc(Oc2cccnc2)cc1)N1CCN(S(=O)(=O)c2ccc(C(F)(F)F)cc2)CC1. The van der Waals surface area contributed by atoms with Crippen LogP contribution in [-0.2, 0) is 16.2 Å². The van der Waals surface area contributed by atoms with Crippen LogP contribution in [0.15, 0.2) is 78.0 Å². The Morgan fingerprint density at radius 1 is 0.882 bits per heavy atom. The van der Waals surface area contributed by atoms with Crippen LogP contribution < -0.4 is 4.74 Å². The molecule has 1 aliphatic heterocycles. The van der Waals surface area contributed by atoms with Crippen molar-refractivity contribution in [2.45, 2.75) is 11.1 Å². The molecule has 0 aliphatic carbocycles. The Morgan fingerprint density at radius 2 is 1.53 bits per heavy atom. The second-order valence-electron chi connectivity index (χ2n) is 7.53. The molecule has 11 heteroatoms. The van der Waals surface area contributed by atoms with E-state index in [0.29, 0.717) is 17.1 Å². The van der Waals surface area contributed by atoms with Gasteiger partial charge in [-0.25, -0.2) is 8.42 Å².